The van der Waals surface area contributed by atoms with E-state index in [1.54, 1.807) is 0 Å². The molecular weight excluding hydrogens is 450 g/mol. The normalized spacial score (nSPS) is 24.3. The summed E-state index contributed by atoms with van der Waals surface area (Å²) >= 11 is 10.6. The molecule has 0 aromatic heterocycles. The summed E-state index contributed by atoms with van der Waals surface area (Å²) in [5, 5.41) is 3.60. The third kappa shape index (κ3) is 3.42. The first-order valence-corrected chi connectivity index (χ1v) is 9.28. The zero-order valence-corrected chi connectivity index (χ0v) is 16.7. The quantitative estimate of drug-likeness (QED) is 0.613. The van der Waals surface area contributed by atoms with Crippen LogP contribution in [0.1, 0.15) is 33.6 Å². The van der Waals surface area contributed by atoms with Gasteiger partial charge in [-0.1, -0.05) is 36.7 Å². The van der Waals surface area contributed by atoms with Crippen LogP contribution in [0.25, 0.3) is 0 Å². The Morgan fingerprint density at radius 2 is 1.85 bits per heavy atom. The minimum absolute atomic E-state index is 0.154. The molecule has 1 aromatic carbocycles. The van der Waals surface area contributed by atoms with E-state index in [2.05, 4.69) is 73.9 Å². The average Bonchev–Trinajstić information content (AvgIpc) is 2.35. The van der Waals surface area contributed by atoms with Crippen molar-refractivity contribution in [2.75, 3.05) is 6.54 Å². The molecular formula is C15H20Br3NO. The van der Waals surface area contributed by atoms with Crippen LogP contribution in [-0.4, -0.2) is 18.7 Å². The molecule has 112 valence electrons. The number of benzene rings is 1. The molecule has 0 radical (unpaired) electrons. The number of hydrogen-bond acceptors (Lipinski definition) is 2. The molecule has 0 amide bonds. The lowest BCUT2D eigenvalue weighted by atomic mass is 9.64. The average molecular weight is 470 g/mol. The number of ether oxygens (including phenoxy) is 1. The predicted octanol–water partition coefficient (Wildman–Crippen LogP) is 5.52. The molecule has 1 fully saturated rings. The van der Waals surface area contributed by atoms with E-state index in [9.17, 15) is 0 Å². The Bertz CT molecular complexity index is 467. The lowest BCUT2D eigenvalue weighted by Crippen LogP contribution is -2.62. The van der Waals surface area contributed by atoms with E-state index in [1.807, 2.05) is 12.1 Å². The number of halogens is 3. The van der Waals surface area contributed by atoms with E-state index in [0.717, 1.165) is 32.1 Å². The Labute approximate surface area is 146 Å². The molecule has 20 heavy (non-hydrogen) atoms. The van der Waals surface area contributed by atoms with Crippen LogP contribution in [0.2, 0.25) is 0 Å². The highest BCUT2D eigenvalue weighted by molar-refractivity contribution is 9.11. The molecule has 0 bridgehead atoms. The fraction of sp³-hybridized carbons (Fsp3) is 0.600. The SMILES string of the molecule is CCCNC1CC(Oc2c(Br)cc(Br)cc2Br)C1(C)C. The monoisotopic (exact) mass is 467 g/mol. The van der Waals surface area contributed by atoms with Crippen molar-refractivity contribution in [3.8, 4) is 5.75 Å². The van der Waals surface area contributed by atoms with Crippen LogP contribution in [-0.2, 0) is 0 Å². The molecule has 2 rings (SSSR count). The highest BCUT2D eigenvalue weighted by Crippen LogP contribution is 2.46. The fourth-order valence-corrected chi connectivity index (χ4v) is 4.98. The number of rotatable bonds is 5. The van der Waals surface area contributed by atoms with Gasteiger partial charge in [0.05, 0.1) is 8.95 Å². The number of nitrogens with one attached hydrogen (secondary N) is 1. The molecule has 5 heteroatoms. The van der Waals surface area contributed by atoms with Gasteiger partial charge in [0.15, 0.2) is 0 Å². The van der Waals surface area contributed by atoms with Crippen LogP contribution in [0.4, 0.5) is 0 Å². The van der Waals surface area contributed by atoms with E-state index >= 15 is 0 Å². The molecule has 0 aliphatic heterocycles. The van der Waals surface area contributed by atoms with Gasteiger partial charge in [-0.15, -0.1) is 0 Å². The molecule has 2 atom stereocenters. The highest BCUT2D eigenvalue weighted by atomic mass is 79.9. The summed E-state index contributed by atoms with van der Waals surface area (Å²) in [6.07, 6.45) is 2.47. The molecule has 1 aromatic rings. The summed E-state index contributed by atoms with van der Waals surface area (Å²) in [5.74, 6) is 0.889. The Morgan fingerprint density at radius 1 is 1.25 bits per heavy atom. The largest absolute Gasteiger partial charge is 0.487 e. The number of hydrogen-bond donors (Lipinski definition) is 1. The zero-order valence-electron chi connectivity index (χ0n) is 12.0. The molecule has 1 aliphatic carbocycles. The molecule has 0 saturated heterocycles. The second-order valence-corrected chi connectivity index (χ2v) is 8.49. The van der Waals surface area contributed by atoms with Gasteiger partial charge >= 0.3 is 0 Å². The van der Waals surface area contributed by atoms with E-state index in [-0.39, 0.29) is 11.5 Å². The van der Waals surface area contributed by atoms with Crippen LogP contribution in [0.5, 0.6) is 5.75 Å². The lowest BCUT2D eigenvalue weighted by Gasteiger charge is -2.52. The van der Waals surface area contributed by atoms with Gasteiger partial charge in [-0.25, -0.2) is 0 Å². The first-order valence-electron chi connectivity index (χ1n) is 6.90. The van der Waals surface area contributed by atoms with Crippen molar-refractivity contribution in [3.63, 3.8) is 0 Å². The molecule has 1 N–H and O–H groups in total. The minimum Gasteiger partial charge on any atom is -0.487 e. The highest BCUT2D eigenvalue weighted by Gasteiger charge is 2.49. The fourth-order valence-electron chi connectivity index (χ4n) is 2.53. The summed E-state index contributed by atoms with van der Waals surface area (Å²) in [5.41, 5.74) is 0.154. The van der Waals surface area contributed by atoms with Crippen molar-refractivity contribution in [1.82, 2.24) is 5.32 Å². The second kappa shape index (κ2) is 6.67. The third-order valence-electron chi connectivity index (χ3n) is 4.04. The standard InChI is InChI=1S/C15H20Br3NO/c1-4-5-19-12-8-13(15(12,2)3)20-14-10(17)6-9(16)7-11(14)18/h6-7,12-13,19H,4-5,8H2,1-3H3. The molecule has 0 heterocycles. The van der Waals surface area contributed by atoms with Crippen LogP contribution in [0, 0.1) is 5.41 Å². The van der Waals surface area contributed by atoms with E-state index in [0.29, 0.717) is 6.04 Å². The lowest BCUT2D eigenvalue weighted by molar-refractivity contribution is -0.0553. The third-order valence-corrected chi connectivity index (χ3v) is 5.68. The second-order valence-electron chi connectivity index (χ2n) is 5.87. The maximum absolute atomic E-state index is 6.24. The van der Waals surface area contributed by atoms with Gasteiger partial charge in [0.1, 0.15) is 11.9 Å². The van der Waals surface area contributed by atoms with Crippen molar-refractivity contribution in [1.29, 1.82) is 0 Å². The smallest absolute Gasteiger partial charge is 0.148 e. The van der Waals surface area contributed by atoms with Crippen LogP contribution in [0.15, 0.2) is 25.6 Å². The van der Waals surface area contributed by atoms with Crippen LogP contribution < -0.4 is 10.1 Å². The van der Waals surface area contributed by atoms with Crippen molar-refractivity contribution in [3.05, 3.63) is 25.6 Å². The van der Waals surface area contributed by atoms with Crippen molar-refractivity contribution < 1.29 is 4.74 Å². The summed E-state index contributed by atoms with van der Waals surface area (Å²) in [7, 11) is 0. The van der Waals surface area contributed by atoms with Crippen LogP contribution in [0.3, 0.4) is 0 Å². The Hall–Kier alpha value is 0.420. The van der Waals surface area contributed by atoms with Gasteiger partial charge < -0.3 is 10.1 Å². The summed E-state index contributed by atoms with van der Waals surface area (Å²) in [4.78, 5) is 0. The van der Waals surface area contributed by atoms with Gasteiger partial charge in [0.2, 0.25) is 0 Å². The first-order chi connectivity index (χ1) is 9.36. The zero-order chi connectivity index (χ0) is 14.9. The summed E-state index contributed by atoms with van der Waals surface area (Å²) in [6, 6.07) is 4.57. The van der Waals surface area contributed by atoms with E-state index in [1.165, 1.54) is 6.42 Å². The maximum atomic E-state index is 6.24. The summed E-state index contributed by atoms with van der Waals surface area (Å²) < 4.78 is 9.21. The van der Waals surface area contributed by atoms with Gasteiger partial charge in [0.25, 0.3) is 0 Å². The van der Waals surface area contributed by atoms with Gasteiger partial charge in [-0.2, -0.15) is 0 Å². The predicted molar refractivity (Wildman–Crippen MR) is 94.4 cm³/mol. The Balaban J connectivity index is 2.06. The van der Waals surface area contributed by atoms with Crippen molar-refractivity contribution in [2.24, 2.45) is 5.41 Å². The summed E-state index contributed by atoms with van der Waals surface area (Å²) in [6.45, 7) is 7.82. The van der Waals surface area contributed by atoms with Crippen molar-refractivity contribution >= 4 is 47.8 Å². The van der Waals surface area contributed by atoms with Gasteiger partial charge in [-0.3, -0.25) is 0 Å². The minimum atomic E-state index is 0.154. The molecule has 1 saturated carbocycles. The molecule has 2 unspecified atom stereocenters. The first kappa shape index (κ1) is 16.8. The molecule has 1 aliphatic rings. The Morgan fingerprint density at radius 3 is 2.35 bits per heavy atom. The topological polar surface area (TPSA) is 21.3 Å². The molecule has 2 nitrogen and oxygen atoms in total. The molecule has 0 spiro atoms. The van der Waals surface area contributed by atoms with Gasteiger partial charge in [-0.05, 0) is 57.0 Å². The van der Waals surface area contributed by atoms with Gasteiger partial charge in [0, 0.05) is 22.4 Å². The van der Waals surface area contributed by atoms with Crippen LogP contribution >= 0.6 is 47.8 Å². The maximum Gasteiger partial charge on any atom is 0.148 e. The Kier molecular flexibility index (Phi) is 5.60. The van der Waals surface area contributed by atoms with E-state index in [4.69, 9.17) is 4.74 Å². The van der Waals surface area contributed by atoms with Crippen molar-refractivity contribution in [2.45, 2.75) is 45.8 Å². The van der Waals surface area contributed by atoms with E-state index < -0.39 is 0 Å².